The number of nitrogens with zero attached hydrogens (tertiary/aromatic N) is 3. The number of carbonyl (C=O) groups is 2. The third kappa shape index (κ3) is 4.07. The van der Waals surface area contributed by atoms with Gasteiger partial charge in [0.1, 0.15) is 5.02 Å². The Kier molecular flexibility index (Phi) is 6.09. The highest BCUT2D eigenvalue weighted by molar-refractivity contribution is 6.36. The minimum atomic E-state index is -0.885. The van der Waals surface area contributed by atoms with Gasteiger partial charge in [-0.2, -0.15) is 0 Å². The predicted molar refractivity (Wildman–Crippen MR) is 90.0 cm³/mol. The fraction of sp³-hybridized carbons (Fsp3) is 0.467. The maximum atomic E-state index is 12.7. The molecule has 1 saturated heterocycles. The van der Waals surface area contributed by atoms with E-state index < -0.39 is 44.0 Å². The van der Waals surface area contributed by atoms with Crippen molar-refractivity contribution < 1.29 is 24.2 Å². The number of esters is 1. The number of piperidine rings is 1. The molecule has 0 spiro atoms. The van der Waals surface area contributed by atoms with Crippen LogP contribution in [0.4, 0.5) is 11.4 Å². The zero-order valence-corrected chi connectivity index (χ0v) is 14.6. The standard InChI is InChI=1S/C15H16ClN3O7/c1-2-26-15(21)9-4-3-5-17(8-9)14(20)11-6-10(18(22)23)7-12(13(11)16)19(24)25/h6-7,9H,2-5,8H2,1H3. The van der Waals surface area contributed by atoms with Gasteiger partial charge in [-0.15, -0.1) is 0 Å². The fourth-order valence-corrected chi connectivity index (χ4v) is 3.03. The lowest BCUT2D eigenvalue weighted by Crippen LogP contribution is -2.43. The lowest BCUT2D eigenvalue weighted by Gasteiger charge is -2.31. The summed E-state index contributed by atoms with van der Waals surface area (Å²) in [6, 6.07) is 1.61. The predicted octanol–water partition coefficient (Wildman–Crippen LogP) is 2.57. The largest absolute Gasteiger partial charge is 0.466 e. The first kappa shape index (κ1) is 19.6. The third-order valence-corrected chi connectivity index (χ3v) is 4.40. The minimum Gasteiger partial charge on any atom is -0.466 e. The van der Waals surface area contributed by atoms with Gasteiger partial charge < -0.3 is 9.64 Å². The van der Waals surface area contributed by atoms with Gasteiger partial charge >= 0.3 is 5.97 Å². The Morgan fingerprint density at radius 2 is 2.00 bits per heavy atom. The summed E-state index contributed by atoms with van der Waals surface area (Å²) < 4.78 is 4.96. The molecule has 11 heteroatoms. The van der Waals surface area contributed by atoms with E-state index >= 15 is 0 Å². The smallest absolute Gasteiger partial charge is 0.310 e. The number of benzene rings is 1. The van der Waals surface area contributed by atoms with E-state index in [1.165, 1.54) is 4.90 Å². The molecule has 0 saturated carbocycles. The quantitative estimate of drug-likeness (QED) is 0.432. The Hall–Kier alpha value is -2.75. The first-order chi connectivity index (χ1) is 12.3. The maximum Gasteiger partial charge on any atom is 0.310 e. The van der Waals surface area contributed by atoms with Crippen LogP contribution < -0.4 is 0 Å². The van der Waals surface area contributed by atoms with Crippen molar-refractivity contribution in [2.24, 2.45) is 5.92 Å². The van der Waals surface area contributed by atoms with Gasteiger partial charge in [-0.25, -0.2) is 0 Å². The monoisotopic (exact) mass is 385 g/mol. The van der Waals surface area contributed by atoms with Crippen LogP contribution in [0, 0.1) is 26.1 Å². The van der Waals surface area contributed by atoms with Gasteiger partial charge in [-0.3, -0.25) is 29.8 Å². The topological polar surface area (TPSA) is 133 Å². The van der Waals surface area contributed by atoms with Gasteiger partial charge in [-0.05, 0) is 19.8 Å². The molecule has 1 unspecified atom stereocenters. The van der Waals surface area contributed by atoms with Gasteiger partial charge in [0.25, 0.3) is 17.3 Å². The second-order valence-electron chi connectivity index (χ2n) is 5.68. The molecule has 0 aliphatic carbocycles. The molecule has 2 rings (SSSR count). The van der Waals surface area contributed by atoms with Crippen LogP contribution in [0.3, 0.4) is 0 Å². The normalized spacial score (nSPS) is 16.8. The summed E-state index contributed by atoms with van der Waals surface area (Å²) in [5, 5.41) is 21.6. The van der Waals surface area contributed by atoms with Crippen molar-refractivity contribution in [2.45, 2.75) is 19.8 Å². The van der Waals surface area contributed by atoms with Gasteiger partial charge in [0, 0.05) is 19.2 Å². The summed E-state index contributed by atoms with van der Waals surface area (Å²) in [4.78, 5) is 46.3. The molecule has 0 radical (unpaired) electrons. The lowest BCUT2D eigenvalue weighted by molar-refractivity contribution is -0.394. The highest BCUT2D eigenvalue weighted by Gasteiger charge is 2.33. The number of non-ortho nitro benzene ring substituents is 1. The van der Waals surface area contributed by atoms with Gasteiger partial charge in [0.2, 0.25) is 0 Å². The van der Waals surface area contributed by atoms with E-state index in [0.717, 1.165) is 6.07 Å². The van der Waals surface area contributed by atoms with Crippen molar-refractivity contribution in [2.75, 3.05) is 19.7 Å². The molecule has 140 valence electrons. The molecule has 0 aromatic heterocycles. The third-order valence-electron chi connectivity index (χ3n) is 4.00. The van der Waals surface area contributed by atoms with E-state index in [1.54, 1.807) is 6.92 Å². The van der Waals surface area contributed by atoms with Gasteiger partial charge in [-0.1, -0.05) is 11.6 Å². The minimum absolute atomic E-state index is 0.0600. The van der Waals surface area contributed by atoms with Crippen LogP contribution in [0.5, 0.6) is 0 Å². The Bertz CT molecular complexity index is 768. The molecule has 1 aromatic rings. The number of nitro benzene ring substituents is 2. The molecule has 0 bridgehead atoms. The van der Waals surface area contributed by atoms with Crippen molar-refractivity contribution in [3.63, 3.8) is 0 Å². The SMILES string of the molecule is CCOC(=O)C1CCCN(C(=O)c2cc([N+](=O)[O-])cc([N+](=O)[O-])c2Cl)C1. The molecule has 1 aliphatic rings. The van der Waals surface area contributed by atoms with Crippen LogP contribution in [-0.2, 0) is 9.53 Å². The van der Waals surface area contributed by atoms with E-state index in [1.807, 2.05) is 0 Å². The van der Waals surface area contributed by atoms with Crippen molar-refractivity contribution >= 4 is 34.9 Å². The summed E-state index contributed by atoms with van der Waals surface area (Å²) in [7, 11) is 0. The van der Waals surface area contributed by atoms with Gasteiger partial charge in [0.15, 0.2) is 0 Å². The average Bonchev–Trinajstić information content (AvgIpc) is 2.61. The molecule has 1 aliphatic heterocycles. The molecular weight excluding hydrogens is 370 g/mol. The number of ether oxygens (including phenoxy) is 1. The van der Waals surface area contributed by atoms with E-state index in [0.29, 0.717) is 25.5 Å². The number of hydrogen-bond acceptors (Lipinski definition) is 7. The number of rotatable bonds is 5. The number of nitro groups is 2. The average molecular weight is 386 g/mol. The first-order valence-electron chi connectivity index (χ1n) is 7.84. The van der Waals surface area contributed by atoms with Gasteiger partial charge in [0.05, 0.1) is 34.0 Å². The number of halogens is 1. The van der Waals surface area contributed by atoms with Crippen LogP contribution in [-0.4, -0.2) is 46.3 Å². The van der Waals surface area contributed by atoms with Crippen molar-refractivity contribution in [1.82, 2.24) is 4.90 Å². The Morgan fingerprint density at radius 1 is 1.31 bits per heavy atom. The Labute approximate surface area is 153 Å². The number of hydrogen-bond donors (Lipinski definition) is 0. The van der Waals surface area contributed by atoms with Crippen molar-refractivity contribution in [1.29, 1.82) is 0 Å². The molecule has 26 heavy (non-hydrogen) atoms. The van der Waals surface area contributed by atoms with Crippen molar-refractivity contribution in [3.05, 3.63) is 42.9 Å². The zero-order valence-electron chi connectivity index (χ0n) is 13.8. The second-order valence-corrected chi connectivity index (χ2v) is 6.06. The molecule has 1 atom stereocenters. The Morgan fingerprint density at radius 3 is 2.58 bits per heavy atom. The lowest BCUT2D eigenvalue weighted by atomic mass is 9.97. The summed E-state index contributed by atoms with van der Waals surface area (Å²) in [6.45, 7) is 2.25. The zero-order chi connectivity index (χ0) is 19.4. The molecule has 1 fully saturated rings. The van der Waals surface area contributed by atoms with Crippen LogP contribution in [0.25, 0.3) is 0 Å². The summed E-state index contributed by atoms with van der Waals surface area (Å²) in [6.07, 6.45) is 1.08. The van der Waals surface area contributed by atoms with Crippen LogP contribution in [0.1, 0.15) is 30.1 Å². The molecule has 1 amide bonds. The highest BCUT2D eigenvalue weighted by atomic mass is 35.5. The summed E-state index contributed by atoms with van der Waals surface area (Å²) in [5.41, 5.74) is -1.66. The van der Waals surface area contributed by atoms with Crippen LogP contribution >= 0.6 is 11.6 Å². The summed E-state index contributed by atoms with van der Waals surface area (Å²) in [5.74, 6) is -1.64. The second kappa shape index (κ2) is 8.09. The van der Waals surface area contributed by atoms with E-state index in [2.05, 4.69) is 0 Å². The van der Waals surface area contributed by atoms with Crippen molar-refractivity contribution in [3.8, 4) is 0 Å². The highest BCUT2D eigenvalue weighted by Crippen LogP contribution is 2.34. The fourth-order valence-electron chi connectivity index (χ4n) is 2.77. The molecule has 1 aromatic carbocycles. The van der Waals surface area contributed by atoms with E-state index in [-0.39, 0.29) is 18.7 Å². The number of carbonyl (C=O) groups excluding carboxylic acids is 2. The Balaban J connectivity index is 2.35. The molecule has 0 N–H and O–H groups in total. The summed E-state index contributed by atoms with van der Waals surface area (Å²) >= 11 is 5.94. The molecule has 1 heterocycles. The first-order valence-corrected chi connectivity index (χ1v) is 8.22. The number of amides is 1. The molecular formula is C15H16ClN3O7. The number of likely N-dealkylation sites (tertiary alicyclic amines) is 1. The molecule has 10 nitrogen and oxygen atoms in total. The van der Waals surface area contributed by atoms with E-state index in [4.69, 9.17) is 16.3 Å². The van der Waals surface area contributed by atoms with Crippen LogP contribution in [0.2, 0.25) is 5.02 Å². The maximum absolute atomic E-state index is 12.7. The van der Waals surface area contributed by atoms with Crippen LogP contribution in [0.15, 0.2) is 12.1 Å². The van der Waals surface area contributed by atoms with E-state index in [9.17, 15) is 29.8 Å².